The van der Waals surface area contributed by atoms with E-state index in [0.717, 1.165) is 17.7 Å². The van der Waals surface area contributed by atoms with Crippen molar-refractivity contribution < 1.29 is 27.5 Å². The van der Waals surface area contributed by atoms with Crippen LogP contribution in [0.3, 0.4) is 0 Å². The van der Waals surface area contributed by atoms with Crippen LogP contribution in [-0.2, 0) is 22.1 Å². The molecule has 0 saturated carbocycles. The number of anilines is 2. The van der Waals surface area contributed by atoms with Crippen LogP contribution < -0.4 is 10.6 Å². The Morgan fingerprint density at radius 3 is 2.21 bits per heavy atom. The summed E-state index contributed by atoms with van der Waals surface area (Å²) in [6.07, 6.45) is -3.67. The molecule has 0 aromatic heterocycles. The van der Waals surface area contributed by atoms with Crippen molar-refractivity contribution in [3.63, 3.8) is 0 Å². The van der Waals surface area contributed by atoms with Gasteiger partial charge in [-0.05, 0) is 56.2 Å². The van der Waals surface area contributed by atoms with Gasteiger partial charge in [0.15, 0.2) is 0 Å². The highest BCUT2D eigenvalue weighted by molar-refractivity contribution is 6.31. The third-order valence-corrected chi connectivity index (χ3v) is 5.47. The number of carbonyl (C=O) groups excluding carboxylic acids is 2. The van der Waals surface area contributed by atoms with E-state index in [1.54, 1.807) is 24.3 Å². The van der Waals surface area contributed by atoms with Crippen LogP contribution in [0.2, 0.25) is 5.02 Å². The molecule has 2 unspecified atom stereocenters. The molecule has 2 N–H and O–H groups in total. The Labute approximate surface area is 195 Å². The minimum absolute atomic E-state index is 0.0159. The minimum atomic E-state index is -4.62. The van der Waals surface area contributed by atoms with Crippen molar-refractivity contribution in [2.45, 2.75) is 45.1 Å². The molecule has 1 aliphatic heterocycles. The van der Waals surface area contributed by atoms with E-state index in [1.165, 1.54) is 6.07 Å². The number of carbonyl (C=O) groups is 2. The van der Waals surface area contributed by atoms with E-state index in [2.05, 4.69) is 10.6 Å². The molecule has 0 bridgehead atoms. The lowest BCUT2D eigenvalue weighted by molar-refractivity contribution is -0.143. The van der Waals surface area contributed by atoms with Gasteiger partial charge in [0.05, 0.1) is 22.8 Å². The van der Waals surface area contributed by atoms with Gasteiger partial charge in [-0.1, -0.05) is 23.7 Å². The van der Waals surface area contributed by atoms with Crippen molar-refractivity contribution in [1.29, 1.82) is 0 Å². The first-order chi connectivity index (χ1) is 15.5. The number of hydrogen-bond acceptors (Lipinski definition) is 3. The first-order valence-electron chi connectivity index (χ1n) is 10.5. The predicted octanol–water partition coefficient (Wildman–Crippen LogP) is 5.57. The number of benzene rings is 2. The zero-order chi connectivity index (χ0) is 24.2. The van der Waals surface area contributed by atoms with E-state index >= 15 is 0 Å². The summed E-state index contributed by atoms with van der Waals surface area (Å²) in [5, 5.41) is 4.48. The van der Waals surface area contributed by atoms with Crippen molar-refractivity contribution >= 4 is 34.9 Å². The molecule has 0 aliphatic carbocycles. The van der Waals surface area contributed by atoms with Crippen LogP contribution in [-0.4, -0.2) is 42.1 Å². The molecule has 2 aromatic carbocycles. The lowest BCUT2D eigenvalue weighted by Crippen LogP contribution is -2.48. The molecule has 1 fully saturated rings. The zero-order valence-electron chi connectivity index (χ0n) is 18.2. The average molecular weight is 484 g/mol. The van der Waals surface area contributed by atoms with Crippen LogP contribution in [0.25, 0.3) is 0 Å². The summed E-state index contributed by atoms with van der Waals surface area (Å²) in [6, 6.07) is 9.36. The van der Waals surface area contributed by atoms with E-state index in [9.17, 15) is 22.8 Å². The number of amides is 3. The highest BCUT2D eigenvalue weighted by atomic mass is 35.5. The summed E-state index contributed by atoms with van der Waals surface area (Å²) in [6.45, 7) is 5.05. The molecule has 3 amide bonds. The Morgan fingerprint density at radius 1 is 1.03 bits per heavy atom. The highest BCUT2D eigenvalue weighted by Gasteiger charge is 2.33. The summed E-state index contributed by atoms with van der Waals surface area (Å²) in [4.78, 5) is 26.5. The van der Waals surface area contributed by atoms with Gasteiger partial charge in [0.2, 0.25) is 5.91 Å². The number of alkyl halides is 3. The Kier molecular flexibility index (Phi) is 7.86. The maximum Gasteiger partial charge on any atom is 0.417 e. The number of morpholine rings is 1. The number of urea groups is 1. The standard InChI is InChI=1S/C23H25ClF3N3O3/c1-14-12-30(13-15(2)33-14)21(31)10-5-16-3-6-17(7-4-16)28-22(32)29-18-8-9-20(24)19(11-18)23(25,26)27/h3-4,6-9,11,14-15H,5,10,12-13H2,1-2H3,(H2,28,29,32). The molecule has 178 valence electrons. The SMILES string of the molecule is CC1CN(C(=O)CCc2ccc(NC(=O)Nc3ccc(Cl)c(C(F)(F)F)c3)cc2)CC(C)O1. The smallest absolute Gasteiger partial charge is 0.372 e. The van der Waals surface area contributed by atoms with Gasteiger partial charge in [0.25, 0.3) is 0 Å². The molecule has 33 heavy (non-hydrogen) atoms. The second kappa shape index (κ2) is 10.4. The Hall–Kier alpha value is -2.78. The average Bonchev–Trinajstić information content (AvgIpc) is 2.73. The summed E-state index contributed by atoms with van der Waals surface area (Å²) >= 11 is 5.59. The third-order valence-electron chi connectivity index (χ3n) is 5.14. The lowest BCUT2D eigenvalue weighted by Gasteiger charge is -2.35. The molecule has 1 aliphatic rings. The van der Waals surface area contributed by atoms with Gasteiger partial charge >= 0.3 is 12.2 Å². The number of aryl methyl sites for hydroxylation is 1. The minimum Gasteiger partial charge on any atom is -0.372 e. The van der Waals surface area contributed by atoms with Gasteiger partial charge in [0, 0.05) is 30.9 Å². The van der Waals surface area contributed by atoms with E-state index in [1.807, 2.05) is 18.7 Å². The van der Waals surface area contributed by atoms with Crippen molar-refractivity contribution in [3.05, 3.63) is 58.6 Å². The molecule has 0 radical (unpaired) electrons. The largest absolute Gasteiger partial charge is 0.417 e. The predicted molar refractivity (Wildman–Crippen MR) is 120 cm³/mol. The van der Waals surface area contributed by atoms with E-state index < -0.39 is 22.8 Å². The van der Waals surface area contributed by atoms with Gasteiger partial charge in [-0.25, -0.2) is 4.79 Å². The van der Waals surface area contributed by atoms with Gasteiger partial charge in [-0.15, -0.1) is 0 Å². The number of nitrogens with one attached hydrogen (secondary N) is 2. The third kappa shape index (κ3) is 7.10. The fourth-order valence-electron chi connectivity index (χ4n) is 3.66. The highest BCUT2D eigenvalue weighted by Crippen LogP contribution is 2.36. The van der Waals surface area contributed by atoms with Crippen molar-refractivity contribution in [3.8, 4) is 0 Å². The van der Waals surface area contributed by atoms with Crippen LogP contribution in [0.1, 0.15) is 31.4 Å². The lowest BCUT2D eigenvalue weighted by atomic mass is 10.1. The molecule has 6 nitrogen and oxygen atoms in total. The van der Waals surface area contributed by atoms with E-state index in [-0.39, 0.29) is 23.8 Å². The van der Waals surface area contributed by atoms with Crippen molar-refractivity contribution in [2.24, 2.45) is 0 Å². The van der Waals surface area contributed by atoms with E-state index in [0.29, 0.717) is 31.6 Å². The summed E-state index contributed by atoms with van der Waals surface area (Å²) in [5.74, 6) is 0.0692. The second-order valence-corrected chi connectivity index (χ2v) is 8.43. The number of halogens is 4. The summed E-state index contributed by atoms with van der Waals surface area (Å²) in [7, 11) is 0. The molecular formula is C23H25ClF3N3O3. The fraction of sp³-hybridized carbons (Fsp3) is 0.391. The number of nitrogens with zero attached hydrogens (tertiary/aromatic N) is 1. The van der Waals surface area contributed by atoms with E-state index in [4.69, 9.17) is 16.3 Å². The number of rotatable bonds is 5. The maximum absolute atomic E-state index is 13.0. The number of hydrogen-bond donors (Lipinski definition) is 2. The van der Waals surface area contributed by atoms with Gasteiger partial charge in [-0.2, -0.15) is 13.2 Å². The second-order valence-electron chi connectivity index (χ2n) is 8.02. The molecule has 2 aromatic rings. The van der Waals surface area contributed by atoms with Gasteiger partial charge in [-0.3, -0.25) is 4.79 Å². The Morgan fingerprint density at radius 2 is 1.61 bits per heavy atom. The first kappa shape index (κ1) is 24.9. The maximum atomic E-state index is 13.0. The normalized spacial score (nSPS) is 18.7. The fourth-order valence-corrected chi connectivity index (χ4v) is 3.88. The molecule has 1 saturated heterocycles. The van der Waals surface area contributed by atoms with Crippen LogP contribution in [0.15, 0.2) is 42.5 Å². The molecule has 3 rings (SSSR count). The molecule has 1 heterocycles. The van der Waals surface area contributed by atoms with Crippen molar-refractivity contribution in [2.75, 3.05) is 23.7 Å². The van der Waals surface area contributed by atoms with Gasteiger partial charge < -0.3 is 20.3 Å². The summed E-state index contributed by atoms with van der Waals surface area (Å²) in [5.41, 5.74) is 0.326. The van der Waals surface area contributed by atoms with Crippen LogP contribution in [0.4, 0.5) is 29.3 Å². The van der Waals surface area contributed by atoms with Crippen LogP contribution >= 0.6 is 11.6 Å². The van der Waals surface area contributed by atoms with Gasteiger partial charge in [0.1, 0.15) is 0 Å². The quantitative estimate of drug-likeness (QED) is 0.584. The van der Waals surface area contributed by atoms with Crippen LogP contribution in [0.5, 0.6) is 0 Å². The zero-order valence-corrected chi connectivity index (χ0v) is 19.0. The van der Waals surface area contributed by atoms with Crippen molar-refractivity contribution in [1.82, 2.24) is 4.90 Å². The van der Waals surface area contributed by atoms with Crippen LogP contribution in [0, 0.1) is 0 Å². The Bertz CT molecular complexity index is 989. The molecule has 2 atom stereocenters. The molecule has 0 spiro atoms. The monoisotopic (exact) mass is 483 g/mol. The number of ether oxygens (including phenoxy) is 1. The summed E-state index contributed by atoms with van der Waals surface area (Å²) < 4.78 is 44.5. The molecular weight excluding hydrogens is 459 g/mol. The first-order valence-corrected chi connectivity index (χ1v) is 10.9. The molecule has 10 heteroatoms. The topological polar surface area (TPSA) is 70.7 Å². The Balaban J connectivity index is 1.51.